The van der Waals surface area contributed by atoms with Crippen molar-refractivity contribution >= 4 is 27.5 Å². The van der Waals surface area contributed by atoms with Crippen molar-refractivity contribution in [2.24, 2.45) is 5.92 Å². The van der Waals surface area contributed by atoms with E-state index in [1.54, 1.807) is 7.11 Å². The van der Waals surface area contributed by atoms with Crippen molar-refractivity contribution < 1.29 is 4.74 Å². The fourth-order valence-corrected chi connectivity index (χ4v) is 2.90. The van der Waals surface area contributed by atoms with Crippen LogP contribution in [0.3, 0.4) is 0 Å². The van der Waals surface area contributed by atoms with Crippen molar-refractivity contribution in [2.45, 2.75) is 19.4 Å². The van der Waals surface area contributed by atoms with Crippen LogP contribution < -0.4 is 5.32 Å². The summed E-state index contributed by atoms with van der Waals surface area (Å²) < 4.78 is 6.18. The van der Waals surface area contributed by atoms with E-state index in [9.17, 15) is 0 Å². The highest BCUT2D eigenvalue weighted by Crippen LogP contribution is 2.31. The van der Waals surface area contributed by atoms with Gasteiger partial charge in [-0.05, 0) is 37.1 Å². The molecule has 0 aliphatic heterocycles. The highest BCUT2D eigenvalue weighted by Gasteiger charge is 2.19. The van der Waals surface area contributed by atoms with Gasteiger partial charge in [-0.3, -0.25) is 0 Å². The van der Waals surface area contributed by atoms with E-state index in [4.69, 9.17) is 16.3 Å². The fraction of sp³-hybridized carbons (Fsp3) is 0.538. The number of nitrogens with one attached hydrogen (secondary N) is 1. The predicted molar refractivity (Wildman–Crippen MR) is 76.6 cm³/mol. The molecule has 1 N–H and O–H groups in total. The molecule has 0 aromatic heterocycles. The van der Waals surface area contributed by atoms with E-state index < -0.39 is 0 Å². The molecule has 2 unspecified atom stereocenters. The second-order valence-corrected chi connectivity index (χ2v) is 5.48. The summed E-state index contributed by atoms with van der Waals surface area (Å²) in [5, 5.41) is 4.11. The highest BCUT2D eigenvalue weighted by molar-refractivity contribution is 9.10. The number of hydrogen-bond donors (Lipinski definition) is 1. The average molecular weight is 321 g/mol. The normalized spacial score (nSPS) is 14.6. The minimum atomic E-state index is 0.303. The first-order chi connectivity index (χ1) is 8.10. The Morgan fingerprint density at radius 2 is 2.18 bits per heavy atom. The highest BCUT2D eigenvalue weighted by atomic mass is 79.9. The lowest BCUT2D eigenvalue weighted by Gasteiger charge is -2.25. The third kappa shape index (κ3) is 4.25. The van der Waals surface area contributed by atoms with Crippen LogP contribution in [-0.2, 0) is 4.74 Å². The Labute approximate surface area is 117 Å². The Hall–Kier alpha value is -0.0900. The van der Waals surface area contributed by atoms with Crippen LogP contribution in [0.4, 0.5) is 0 Å². The summed E-state index contributed by atoms with van der Waals surface area (Å²) in [6.07, 6.45) is 1.02. The van der Waals surface area contributed by atoms with Crippen LogP contribution in [0.5, 0.6) is 0 Å². The number of hydrogen-bond acceptors (Lipinski definition) is 2. The largest absolute Gasteiger partial charge is 0.385 e. The Bertz CT molecular complexity index is 359. The van der Waals surface area contributed by atoms with Crippen molar-refractivity contribution in [3.05, 3.63) is 33.3 Å². The van der Waals surface area contributed by atoms with Crippen molar-refractivity contribution in [2.75, 3.05) is 20.8 Å². The maximum absolute atomic E-state index is 5.96. The molecule has 1 aromatic carbocycles. The smallest absolute Gasteiger partial charge is 0.0465 e. The fourth-order valence-electron chi connectivity index (χ4n) is 1.97. The predicted octanol–water partition coefficient (Wildman–Crippen LogP) is 4.04. The van der Waals surface area contributed by atoms with Crippen LogP contribution >= 0.6 is 27.5 Å². The van der Waals surface area contributed by atoms with Crippen LogP contribution in [0.15, 0.2) is 22.7 Å². The van der Waals surface area contributed by atoms with Gasteiger partial charge in [0, 0.05) is 29.3 Å². The van der Waals surface area contributed by atoms with Gasteiger partial charge in [-0.25, -0.2) is 0 Å². The summed E-state index contributed by atoms with van der Waals surface area (Å²) in [5.41, 5.74) is 1.24. The van der Waals surface area contributed by atoms with E-state index in [2.05, 4.69) is 34.2 Å². The molecule has 1 rings (SSSR count). The minimum absolute atomic E-state index is 0.303. The van der Waals surface area contributed by atoms with Crippen LogP contribution in [0.25, 0.3) is 0 Å². The van der Waals surface area contributed by atoms with Gasteiger partial charge in [-0.2, -0.15) is 0 Å². The molecule has 2 atom stereocenters. The summed E-state index contributed by atoms with van der Waals surface area (Å²) in [6.45, 7) is 3.01. The van der Waals surface area contributed by atoms with E-state index in [-0.39, 0.29) is 0 Å². The van der Waals surface area contributed by atoms with Gasteiger partial charge in [0.25, 0.3) is 0 Å². The lowest BCUT2D eigenvalue weighted by atomic mass is 9.92. The molecule has 0 amide bonds. The van der Waals surface area contributed by atoms with Crippen LogP contribution in [0.1, 0.15) is 24.9 Å². The number of rotatable bonds is 6. The van der Waals surface area contributed by atoms with Crippen LogP contribution in [0.2, 0.25) is 5.02 Å². The summed E-state index contributed by atoms with van der Waals surface area (Å²) in [6, 6.07) is 6.23. The van der Waals surface area contributed by atoms with E-state index in [0.29, 0.717) is 12.0 Å². The Kier molecular flexibility index (Phi) is 6.49. The molecule has 0 saturated heterocycles. The summed E-state index contributed by atoms with van der Waals surface area (Å²) >= 11 is 9.53. The quantitative estimate of drug-likeness (QED) is 0.854. The minimum Gasteiger partial charge on any atom is -0.385 e. The first-order valence-corrected chi connectivity index (χ1v) is 6.88. The molecule has 17 heavy (non-hydrogen) atoms. The van der Waals surface area contributed by atoms with Crippen LogP contribution in [-0.4, -0.2) is 20.8 Å². The zero-order valence-electron chi connectivity index (χ0n) is 10.5. The van der Waals surface area contributed by atoms with Gasteiger partial charge in [0.2, 0.25) is 0 Å². The maximum Gasteiger partial charge on any atom is 0.0465 e. The van der Waals surface area contributed by atoms with E-state index >= 15 is 0 Å². The number of halogens is 2. The molecule has 0 aliphatic carbocycles. The zero-order chi connectivity index (χ0) is 12.8. The summed E-state index contributed by atoms with van der Waals surface area (Å²) in [7, 11) is 3.72. The lowest BCUT2D eigenvalue weighted by Crippen LogP contribution is -2.24. The van der Waals surface area contributed by atoms with Gasteiger partial charge >= 0.3 is 0 Å². The van der Waals surface area contributed by atoms with Gasteiger partial charge in [0.05, 0.1) is 0 Å². The first kappa shape index (κ1) is 15.0. The average Bonchev–Trinajstić information content (AvgIpc) is 2.30. The molecule has 96 valence electrons. The summed E-state index contributed by atoms with van der Waals surface area (Å²) in [4.78, 5) is 0. The lowest BCUT2D eigenvalue weighted by molar-refractivity contribution is 0.171. The Morgan fingerprint density at radius 1 is 1.47 bits per heavy atom. The summed E-state index contributed by atoms with van der Waals surface area (Å²) in [5.74, 6) is 0.498. The van der Waals surface area contributed by atoms with Gasteiger partial charge in [-0.15, -0.1) is 0 Å². The number of benzene rings is 1. The Balaban J connectivity index is 2.85. The third-order valence-corrected chi connectivity index (χ3v) is 3.88. The van der Waals surface area contributed by atoms with E-state index in [1.807, 2.05) is 19.2 Å². The van der Waals surface area contributed by atoms with Crippen molar-refractivity contribution in [1.82, 2.24) is 5.32 Å². The van der Waals surface area contributed by atoms with Gasteiger partial charge < -0.3 is 10.1 Å². The molecule has 0 saturated carbocycles. The number of methoxy groups -OCH3 is 1. The molecule has 0 fully saturated rings. The maximum atomic E-state index is 5.96. The second kappa shape index (κ2) is 7.37. The molecule has 0 radical (unpaired) electrons. The molecule has 4 heteroatoms. The van der Waals surface area contributed by atoms with Crippen molar-refractivity contribution in [3.8, 4) is 0 Å². The van der Waals surface area contributed by atoms with Crippen LogP contribution in [0, 0.1) is 5.92 Å². The molecular weight excluding hydrogens is 302 g/mol. The third-order valence-electron chi connectivity index (χ3n) is 2.95. The monoisotopic (exact) mass is 319 g/mol. The Morgan fingerprint density at radius 3 is 2.71 bits per heavy atom. The second-order valence-electron chi connectivity index (χ2n) is 4.19. The van der Waals surface area contributed by atoms with Gasteiger partial charge in [0.15, 0.2) is 0 Å². The molecule has 0 spiro atoms. The van der Waals surface area contributed by atoms with Gasteiger partial charge in [0.1, 0.15) is 0 Å². The van der Waals surface area contributed by atoms with Gasteiger partial charge in [-0.1, -0.05) is 40.5 Å². The molecule has 0 aliphatic rings. The van der Waals surface area contributed by atoms with E-state index in [1.165, 1.54) is 5.56 Å². The molecular formula is C13H19BrClNO. The van der Waals surface area contributed by atoms with E-state index in [0.717, 1.165) is 22.5 Å². The first-order valence-electron chi connectivity index (χ1n) is 5.71. The molecule has 0 bridgehead atoms. The SMILES string of the molecule is CNC(c1ccc(Cl)cc1Br)C(C)CCOC. The standard InChI is InChI=1S/C13H19BrClNO/c1-9(6-7-17-3)13(16-2)11-5-4-10(15)8-12(11)14/h4-5,8-9,13,16H,6-7H2,1-3H3. The number of ether oxygens (including phenoxy) is 1. The molecule has 2 nitrogen and oxygen atoms in total. The molecule has 1 aromatic rings. The van der Waals surface area contributed by atoms with Crippen molar-refractivity contribution in [3.63, 3.8) is 0 Å². The zero-order valence-corrected chi connectivity index (χ0v) is 12.8. The van der Waals surface area contributed by atoms with Crippen molar-refractivity contribution in [1.29, 1.82) is 0 Å². The topological polar surface area (TPSA) is 21.3 Å². The molecule has 0 heterocycles.